The largest absolute Gasteiger partial charge is 1.00 e. The third-order valence-electron chi connectivity index (χ3n) is 0.214. The molecule has 0 rings (SSSR count). The van der Waals surface area contributed by atoms with Crippen molar-refractivity contribution in [2.75, 3.05) is 0 Å². The smallest absolute Gasteiger partial charge is 0.483 e. The molecule has 3 heteroatoms. The topological polar surface area (TPSA) is 37.3 Å². The van der Waals surface area contributed by atoms with Crippen LogP contribution in [-0.2, 0) is 27.2 Å². The molecule has 0 aliphatic heterocycles. The Kier molecular flexibility index (Phi) is 8.26. The van der Waals surface area contributed by atoms with Crippen LogP contribution in [-0.4, -0.2) is 11.1 Å². The van der Waals surface area contributed by atoms with Gasteiger partial charge in [-0.3, -0.25) is 4.79 Å². The van der Waals surface area contributed by atoms with Crippen molar-refractivity contribution >= 4 is 5.97 Å². The molecule has 0 saturated heterocycles. The van der Waals surface area contributed by atoms with E-state index in [-0.39, 0.29) is 28.8 Å². The Labute approximate surface area is 52.1 Å². The fraction of sp³-hybridized carbons (Fsp3) is 0.333. The first-order valence-electron chi connectivity index (χ1n) is 1.28. The quantitative estimate of drug-likeness (QED) is 0.466. The van der Waals surface area contributed by atoms with Crippen LogP contribution in [0.4, 0.5) is 0 Å². The number of carbonyl (C=O) groups is 1. The van der Waals surface area contributed by atoms with Crippen molar-refractivity contribution in [1.82, 2.24) is 0 Å². The molecule has 0 aromatic heterocycles. The molecule has 2 nitrogen and oxygen atoms in total. The summed E-state index contributed by atoms with van der Waals surface area (Å²) in [4.78, 5) is 9.31. The third-order valence-corrected chi connectivity index (χ3v) is 0.214. The molecule has 0 atom stereocenters. The summed E-state index contributed by atoms with van der Waals surface area (Å²) in [5.41, 5.74) is 0. The normalized spacial score (nSPS) is 6.17. The van der Waals surface area contributed by atoms with Gasteiger partial charge in [-0.25, -0.2) is 0 Å². The fourth-order valence-electron chi connectivity index (χ4n) is 0. The second-order valence-electron chi connectivity index (χ2n) is 0.644. The van der Waals surface area contributed by atoms with Crippen LogP contribution in [0.3, 0.4) is 0 Å². The average molecular weight is 181 g/mol. The molecule has 0 amide bonds. The van der Waals surface area contributed by atoms with Crippen molar-refractivity contribution in [1.29, 1.82) is 0 Å². The van der Waals surface area contributed by atoms with Gasteiger partial charge in [-0.1, -0.05) is 6.42 Å². The van der Waals surface area contributed by atoms with Gasteiger partial charge in [0.15, 0.2) is 0 Å². The van der Waals surface area contributed by atoms with Crippen molar-refractivity contribution in [3.8, 4) is 0 Å². The number of carboxylic acid groups (broad SMARTS) is 1. The molecule has 0 bridgehead atoms. The maximum Gasteiger partial charge on any atom is 1.00 e. The van der Waals surface area contributed by atoms with Gasteiger partial charge in [-0.15, -0.1) is 0 Å². The van der Waals surface area contributed by atoms with E-state index in [0.717, 1.165) is 0 Å². The Morgan fingerprint density at radius 1 is 1.83 bits per heavy atom. The van der Waals surface area contributed by atoms with E-state index in [4.69, 9.17) is 5.11 Å². The molecule has 0 aromatic rings. The van der Waals surface area contributed by atoms with Gasteiger partial charge in [0.05, 0.1) is 0 Å². The van der Waals surface area contributed by atoms with Crippen molar-refractivity contribution in [3.05, 3.63) is 6.92 Å². The summed E-state index contributed by atoms with van der Waals surface area (Å²) in [6, 6.07) is 0. The molecule has 0 aliphatic carbocycles. The number of hydrogen-bond donors (Lipinski definition) is 1. The molecule has 0 aliphatic rings. The van der Waals surface area contributed by atoms with Gasteiger partial charge < -0.3 is 12.0 Å². The summed E-state index contributed by atoms with van der Waals surface area (Å²) in [5, 5.41) is 7.66. The number of hydrogen-bond acceptors (Lipinski definition) is 1. The van der Waals surface area contributed by atoms with Gasteiger partial charge >= 0.3 is 22.4 Å². The predicted octanol–water partition coefficient (Wildman–Crippen LogP) is 0.293. The molecule has 0 aromatic carbocycles. The van der Waals surface area contributed by atoms with E-state index >= 15 is 0 Å². The van der Waals surface area contributed by atoms with E-state index in [9.17, 15) is 4.79 Å². The average Bonchev–Trinajstić information content (AvgIpc) is 1.38. The number of aliphatic carboxylic acids is 1. The molecule has 0 fully saturated rings. The summed E-state index contributed by atoms with van der Waals surface area (Å²) >= 11 is 0. The van der Waals surface area contributed by atoms with E-state index < -0.39 is 5.97 Å². The maximum atomic E-state index is 9.31. The number of rotatable bonds is 1. The van der Waals surface area contributed by atoms with Crippen LogP contribution in [0, 0.1) is 6.92 Å². The second-order valence-corrected chi connectivity index (χ2v) is 0.644. The monoisotopic (exact) mass is 180 g/mol. The first-order chi connectivity index (χ1) is 2.27. The van der Waals surface area contributed by atoms with Gasteiger partial charge in [0.1, 0.15) is 0 Å². The molecule has 0 spiro atoms. The van der Waals surface area contributed by atoms with E-state index in [1.807, 2.05) is 0 Å². The van der Waals surface area contributed by atoms with E-state index in [2.05, 4.69) is 6.92 Å². The Balaban J connectivity index is 0. The van der Waals surface area contributed by atoms with Crippen molar-refractivity contribution in [2.24, 2.45) is 0 Å². The molecular formula is C3H5AgO2. The number of carboxylic acids is 1. The minimum atomic E-state index is -0.856. The van der Waals surface area contributed by atoms with Gasteiger partial charge in [0.2, 0.25) is 0 Å². The van der Waals surface area contributed by atoms with E-state index in [0.29, 0.717) is 0 Å². The molecule has 0 radical (unpaired) electrons. The molecule has 0 saturated carbocycles. The minimum absolute atomic E-state index is 0. The zero-order valence-corrected chi connectivity index (χ0v) is 4.55. The van der Waals surface area contributed by atoms with Gasteiger partial charge in [-0.2, -0.15) is 0 Å². The van der Waals surface area contributed by atoms with Crippen LogP contribution < -0.4 is 0 Å². The SMILES string of the molecule is [Ag+].[CH2-]CC(=O)O. The first-order valence-corrected chi connectivity index (χ1v) is 1.28. The van der Waals surface area contributed by atoms with Crippen LogP contribution in [0.1, 0.15) is 6.42 Å². The van der Waals surface area contributed by atoms with Crippen molar-refractivity contribution < 1.29 is 32.3 Å². The predicted molar refractivity (Wildman–Crippen MR) is 17.6 cm³/mol. The molecule has 0 heterocycles. The minimum Gasteiger partial charge on any atom is -0.483 e. The first kappa shape index (κ1) is 9.51. The van der Waals surface area contributed by atoms with E-state index in [1.54, 1.807) is 0 Å². The van der Waals surface area contributed by atoms with Crippen molar-refractivity contribution in [3.63, 3.8) is 0 Å². The van der Waals surface area contributed by atoms with Gasteiger partial charge in [0.25, 0.3) is 5.97 Å². The molecule has 6 heavy (non-hydrogen) atoms. The zero-order chi connectivity index (χ0) is 4.28. The zero-order valence-electron chi connectivity index (χ0n) is 3.07. The second kappa shape index (κ2) is 5.21. The molecular weight excluding hydrogens is 176 g/mol. The summed E-state index contributed by atoms with van der Waals surface area (Å²) in [7, 11) is 0. The summed E-state index contributed by atoms with van der Waals surface area (Å²) < 4.78 is 0. The Morgan fingerprint density at radius 3 is 2.00 bits per heavy atom. The Bertz CT molecular complexity index is 44.1. The van der Waals surface area contributed by atoms with Crippen LogP contribution in [0.25, 0.3) is 0 Å². The van der Waals surface area contributed by atoms with Crippen LogP contribution in [0.2, 0.25) is 0 Å². The Morgan fingerprint density at radius 2 is 2.00 bits per heavy atom. The Hall–Kier alpha value is 0.210. The molecule has 0 unspecified atom stereocenters. The summed E-state index contributed by atoms with van der Waals surface area (Å²) in [6.07, 6.45) is -0.0278. The standard InChI is InChI=1S/C3H5O2.Ag/c1-2-3(4)5;/h1-2H2,(H,4,5);/q-1;+1. The van der Waals surface area contributed by atoms with Crippen molar-refractivity contribution in [2.45, 2.75) is 6.42 Å². The molecule has 40 valence electrons. The third kappa shape index (κ3) is 8.88. The van der Waals surface area contributed by atoms with Crippen LogP contribution in [0.5, 0.6) is 0 Å². The van der Waals surface area contributed by atoms with Gasteiger partial charge in [-0.05, 0) is 0 Å². The van der Waals surface area contributed by atoms with Crippen LogP contribution in [0.15, 0.2) is 0 Å². The van der Waals surface area contributed by atoms with Gasteiger partial charge in [0, 0.05) is 0 Å². The van der Waals surface area contributed by atoms with Crippen LogP contribution >= 0.6 is 0 Å². The summed E-state index contributed by atoms with van der Waals surface area (Å²) in [5.74, 6) is -0.856. The maximum absolute atomic E-state index is 9.31. The summed E-state index contributed by atoms with van der Waals surface area (Å²) in [6.45, 7) is 3.09. The van der Waals surface area contributed by atoms with E-state index in [1.165, 1.54) is 0 Å². The molecule has 1 N–H and O–H groups in total. The fourth-order valence-corrected chi connectivity index (χ4v) is 0.